The van der Waals surface area contributed by atoms with Crippen LogP contribution in [0.25, 0.3) is 0 Å². The van der Waals surface area contributed by atoms with Gasteiger partial charge in [0, 0.05) is 24.4 Å². The zero-order valence-corrected chi connectivity index (χ0v) is 16.0. The predicted molar refractivity (Wildman–Crippen MR) is 97.1 cm³/mol. The fourth-order valence-electron chi connectivity index (χ4n) is 5.37. The Morgan fingerprint density at radius 2 is 1.80 bits per heavy atom. The zero-order valence-electron chi connectivity index (χ0n) is 16.0. The summed E-state index contributed by atoms with van der Waals surface area (Å²) in [6.45, 7) is 8.28. The molecule has 0 saturated heterocycles. The van der Waals surface area contributed by atoms with Gasteiger partial charge in [-0.05, 0) is 44.9 Å². The van der Waals surface area contributed by atoms with Crippen molar-refractivity contribution in [3.8, 4) is 0 Å². The van der Waals surface area contributed by atoms with Crippen molar-refractivity contribution < 1.29 is 4.79 Å². The highest BCUT2D eigenvalue weighted by molar-refractivity contribution is 5.84. The summed E-state index contributed by atoms with van der Waals surface area (Å²) in [5.74, 6) is 3.70. The van der Waals surface area contributed by atoms with Crippen molar-refractivity contribution in [1.82, 2.24) is 19.7 Å². The molecule has 0 spiro atoms. The minimum absolute atomic E-state index is 0.0496. The Morgan fingerprint density at radius 1 is 1.12 bits per heavy atom. The van der Waals surface area contributed by atoms with Crippen molar-refractivity contribution in [2.75, 3.05) is 6.54 Å². The molecule has 2 fully saturated rings. The van der Waals surface area contributed by atoms with Crippen molar-refractivity contribution >= 4 is 5.91 Å². The molecule has 0 radical (unpaired) electrons. The van der Waals surface area contributed by atoms with Crippen molar-refractivity contribution in [3.63, 3.8) is 0 Å². The maximum atomic E-state index is 13.4. The van der Waals surface area contributed by atoms with E-state index in [-0.39, 0.29) is 11.5 Å². The van der Waals surface area contributed by atoms with E-state index in [0.717, 1.165) is 38.2 Å². The van der Waals surface area contributed by atoms with Gasteiger partial charge in [-0.25, -0.2) is 0 Å². The molecule has 4 rings (SSSR count). The first-order valence-corrected chi connectivity index (χ1v) is 10.3. The number of hydrogen-bond acceptors (Lipinski definition) is 3. The summed E-state index contributed by atoms with van der Waals surface area (Å²) in [5, 5.41) is 9.06. The van der Waals surface area contributed by atoms with Crippen LogP contribution in [0.4, 0.5) is 0 Å². The van der Waals surface area contributed by atoms with Crippen LogP contribution in [0.15, 0.2) is 0 Å². The third-order valence-corrected chi connectivity index (χ3v) is 6.76. The van der Waals surface area contributed by atoms with Crippen LogP contribution in [0, 0.1) is 11.3 Å². The quantitative estimate of drug-likeness (QED) is 0.828. The van der Waals surface area contributed by atoms with Crippen LogP contribution in [0.1, 0.15) is 95.7 Å². The molecule has 1 aliphatic heterocycles. The van der Waals surface area contributed by atoms with Crippen LogP contribution in [-0.2, 0) is 11.3 Å². The van der Waals surface area contributed by atoms with Gasteiger partial charge in [0.2, 0.25) is 5.91 Å². The SMILES string of the molecule is CC(C)CC1(C(=O)N2CCn3c(C4CCCC4)nnc3C2C)CCC1. The lowest BCUT2D eigenvalue weighted by Crippen LogP contribution is -2.52. The largest absolute Gasteiger partial charge is 0.330 e. The Balaban J connectivity index is 1.55. The predicted octanol–water partition coefficient (Wildman–Crippen LogP) is 4.06. The Bertz CT molecular complexity index is 640. The van der Waals surface area contributed by atoms with E-state index < -0.39 is 0 Å². The highest BCUT2D eigenvalue weighted by Crippen LogP contribution is 2.48. The first kappa shape index (κ1) is 17.0. The minimum Gasteiger partial charge on any atom is -0.330 e. The first-order chi connectivity index (χ1) is 12.0. The summed E-state index contributed by atoms with van der Waals surface area (Å²) >= 11 is 0. The fraction of sp³-hybridized carbons (Fsp3) is 0.850. The molecule has 1 aromatic heterocycles. The van der Waals surface area contributed by atoms with Gasteiger partial charge in [-0.1, -0.05) is 33.1 Å². The molecule has 2 saturated carbocycles. The van der Waals surface area contributed by atoms with Crippen LogP contribution in [0.3, 0.4) is 0 Å². The van der Waals surface area contributed by atoms with Crippen LogP contribution in [0.5, 0.6) is 0 Å². The van der Waals surface area contributed by atoms with Crippen molar-refractivity contribution in [2.45, 2.75) is 90.6 Å². The molecule has 5 heteroatoms. The van der Waals surface area contributed by atoms with Gasteiger partial charge in [-0.2, -0.15) is 0 Å². The van der Waals surface area contributed by atoms with E-state index in [1.165, 1.54) is 37.9 Å². The summed E-state index contributed by atoms with van der Waals surface area (Å²) in [6.07, 6.45) is 9.45. The van der Waals surface area contributed by atoms with Crippen molar-refractivity contribution in [1.29, 1.82) is 0 Å². The average Bonchev–Trinajstić information content (AvgIpc) is 3.19. The van der Waals surface area contributed by atoms with E-state index in [1.54, 1.807) is 0 Å². The molecule has 3 aliphatic rings. The monoisotopic (exact) mass is 344 g/mol. The minimum atomic E-state index is -0.0983. The lowest BCUT2D eigenvalue weighted by Gasteiger charge is -2.47. The van der Waals surface area contributed by atoms with Gasteiger partial charge in [0.15, 0.2) is 5.82 Å². The maximum absolute atomic E-state index is 13.4. The Hall–Kier alpha value is -1.39. The molecule has 2 heterocycles. The zero-order chi connectivity index (χ0) is 17.6. The normalized spacial score (nSPS) is 25.9. The van der Waals surface area contributed by atoms with Crippen molar-refractivity contribution in [3.05, 3.63) is 11.6 Å². The number of aromatic nitrogens is 3. The molecule has 138 valence electrons. The first-order valence-electron chi connectivity index (χ1n) is 10.3. The van der Waals surface area contributed by atoms with E-state index in [0.29, 0.717) is 17.7 Å². The summed E-state index contributed by atoms with van der Waals surface area (Å²) in [7, 11) is 0. The fourth-order valence-corrected chi connectivity index (χ4v) is 5.37. The van der Waals surface area contributed by atoms with Crippen LogP contribution in [0.2, 0.25) is 0 Å². The number of rotatable bonds is 4. The molecule has 1 atom stereocenters. The third-order valence-electron chi connectivity index (χ3n) is 6.76. The number of carbonyl (C=O) groups excluding carboxylic acids is 1. The Labute approximate surface area is 151 Å². The Kier molecular flexibility index (Phi) is 4.37. The summed E-state index contributed by atoms with van der Waals surface area (Å²) in [4.78, 5) is 15.5. The van der Waals surface area contributed by atoms with Gasteiger partial charge in [0.25, 0.3) is 0 Å². The van der Waals surface area contributed by atoms with Gasteiger partial charge in [-0.3, -0.25) is 4.79 Å². The molecule has 2 aliphatic carbocycles. The summed E-state index contributed by atoms with van der Waals surface area (Å²) < 4.78 is 2.32. The lowest BCUT2D eigenvalue weighted by molar-refractivity contribution is -0.152. The average molecular weight is 345 g/mol. The van der Waals surface area contributed by atoms with Gasteiger partial charge in [-0.15, -0.1) is 10.2 Å². The van der Waals surface area contributed by atoms with Gasteiger partial charge >= 0.3 is 0 Å². The molecule has 5 nitrogen and oxygen atoms in total. The van der Waals surface area contributed by atoms with Crippen LogP contribution < -0.4 is 0 Å². The van der Waals surface area contributed by atoms with E-state index in [4.69, 9.17) is 0 Å². The summed E-state index contributed by atoms with van der Waals surface area (Å²) in [6, 6.07) is 0.0496. The molecule has 0 bridgehead atoms. The van der Waals surface area contributed by atoms with Gasteiger partial charge in [0.1, 0.15) is 5.82 Å². The number of hydrogen-bond donors (Lipinski definition) is 0. The summed E-state index contributed by atoms with van der Waals surface area (Å²) in [5.41, 5.74) is -0.0983. The lowest BCUT2D eigenvalue weighted by atomic mass is 9.63. The van der Waals surface area contributed by atoms with E-state index in [9.17, 15) is 4.79 Å². The topological polar surface area (TPSA) is 51.0 Å². The second-order valence-electron chi connectivity index (χ2n) is 8.96. The third kappa shape index (κ3) is 2.80. The number of nitrogens with zero attached hydrogens (tertiary/aromatic N) is 4. The molecular formula is C20H32N4O. The Morgan fingerprint density at radius 3 is 2.40 bits per heavy atom. The smallest absolute Gasteiger partial charge is 0.229 e. The van der Waals surface area contributed by atoms with E-state index in [2.05, 4.69) is 40.4 Å². The van der Waals surface area contributed by atoms with Gasteiger partial charge < -0.3 is 9.47 Å². The number of fused-ring (bicyclic) bond motifs is 1. The second-order valence-corrected chi connectivity index (χ2v) is 8.96. The molecule has 0 N–H and O–H groups in total. The highest BCUT2D eigenvalue weighted by Gasteiger charge is 2.48. The molecule has 1 aromatic rings. The number of amides is 1. The molecule has 25 heavy (non-hydrogen) atoms. The van der Waals surface area contributed by atoms with E-state index in [1.807, 2.05) is 0 Å². The molecular weight excluding hydrogens is 312 g/mol. The standard InChI is InChI=1S/C20H32N4O/c1-14(2)13-20(9-6-10-20)19(25)23-11-12-24-17(15(23)3)21-22-18(24)16-7-4-5-8-16/h14-16H,4-13H2,1-3H3. The second kappa shape index (κ2) is 6.40. The van der Waals surface area contributed by atoms with Crippen LogP contribution >= 0.6 is 0 Å². The van der Waals surface area contributed by atoms with Crippen molar-refractivity contribution in [2.24, 2.45) is 11.3 Å². The molecule has 0 aromatic carbocycles. The molecule has 1 unspecified atom stereocenters. The van der Waals surface area contributed by atoms with Gasteiger partial charge in [0.05, 0.1) is 6.04 Å². The molecule has 1 amide bonds. The number of carbonyl (C=O) groups is 1. The highest BCUT2D eigenvalue weighted by atomic mass is 16.2. The van der Waals surface area contributed by atoms with E-state index >= 15 is 0 Å². The maximum Gasteiger partial charge on any atom is 0.229 e. The van der Waals surface area contributed by atoms with Crippen LogP contribution in [-0.4, -0.2) is 32.1 Å².